The molecule has 132 valence electrons. The van der Waals surface area contributed by atoms with E-state index in [-0.39, 0.29) is 29.5 Å². The molecule has 1 N–H and O–H groups in total. The van der Waals surface area contributed by atoms with Crippen LogP contribution in [0, 0.1) is 17.7 Å². The average molecular weight is 344 g/mol. The van der Waals surface area contributed by atoms with E-state index >= 15 is 0 Å². The van der Waals surface area contributed by atoms with Crippen LogP contribution in [0.5, 0.6) is 0 Å². The molecule has 2 amide bonds. The van der Waals surface area contributed by atoms with Gasteiger partial charge in [0, 0.05) is 5.69 Å². The number of imide groups is 1. The van der Waals surface area contributed by atoms with Gasteiger partial charge in [0.05, 0.1) is 38.0 Å². The van der Waals surface area contributed by atoms with E-state index in [2.05, 4.69) is 4.90 Å². The molecule has 2 heterocycles. The second kappa shape index (κ2) is 6.59. The number of nitrogens with zero attached hydrogens (tertiary/aromatic N) is 2. The molecule has 2 fully saturated rings. The Labute approximate surface area is 146 Å². The zero-order chi connectivity index (χ0) is 17.4. The summed E-state index contributed by atoms with van der Waals surface area (Å²) in [7, 11) is 0. The van der Waals surface area contributed by atoms with E-state index in [0.29, 0.717) is 19.5 Å². The Balaban J connectivity index is 1.35. The van der Waals surface area contributed by atoms with Crippen molar-refractivity contribution >= 4 is 17.5 Å². The third-order valence-electron chi connectivity index (χ3n) is 5.64. The number of hydrogen-bond donors (Lipinski definition) is 1. The van der Waals surface area contributed by atoms with Crippen molar-refractivity contribution in [1.29, 1.82) is 0 Å². The first kappa shape index (κ1) is 16.3. The van der Waals surface area contributed by atoms with Gasteiger partial charge in [-0.3, -0.25) is 9.59 Å². The quantitative estimate of drug-likeness (QED) is 0.639. The maximum absolute atomic E-state index is 13.0. The van der Waals surface area contributed by atoms with E-state index in [1.165, 1.54) is 21.9 Å². The minimum atomic E-state index is -0.227. The molecule has 3 aliphatic rings. The van der Waals surface area contributed by atoms with Gasteiger partial charge >= 0.3 is 0 Å². The van der Waals surface area contributed by atoms with Crippen molar-refractivity contribution in [2.45, 2.75) is 12.8 Å². The fourth-order valence-electron chi connectivity index (χ4n) is 4.14. The molecule has 6 heteroatoms. The number of likely N-dealkylation sites (tertiary alicyclic amines) is 1. The molecule has 2 aliphatic heterocycles. The number of fused-ring (bicyclic) bond motifs is 1. The fourth-order valence-corrected chi connectivity index (χ4v) is 4.14. The van der Waals surface area contributed by atoms with Gasteiger partial charge in [-0.2, -0.15) is 0 Å². The molecule has 0 bridgehead atoms. The van der Waals surface area contributed by atoms with Crippen LogP contribution in [0.2, 0.25) is 0 Å². The van der Waals surface area contributed by atoms with Gasteiger partial charge in [-0.25, -0.2) is 9.29 Å². The highest BCUT2D eigenvalue weighted by Crippen LogP contribution is 2.34. The Kier molecular flexibility index (Phi) is 4.29. The molecular formula is C19H23FN3O2+. The first-order chi connectivity index (χ1) is 12.1. The number of piperazine rings is 1. The van der Waals surface area contributed by atoms with Crippen molar-refractivity contribution in [3.63, 3.8) is 0 Å². The van der Waals surface area contributed by atoms with Gasteiger partial charge in [0.1, 0.15) is 5.82 Å². The summed E-state index contributed by atoms with van der Waals surface area (Å²) in [4.78, 5) is 30.1. The van der Waals surface area contributed by atoms with Crippen LogP contribution >= 0.6 is 0 Å². The van der Waals surface area contributed by atoms with Crippen molar-refractivity contribution in [2.75, 3.05) is 37.7 Å². The Hall–Kier alpha value is -2.21. The molecule has 0 spiro atoms. The first-order valence-corrected chi connectivity index (χ1v) is 8.98. The van der Waals surface area contributed by atoms with E-state index in [9.17, 15) is 14.0 Å². The number of carbonyl (C=O) groups is 2. The van der Waals surface area contributed by atoms with Crippen LogP contribution in [0.3, 0.4) is 0 Å². The molecule has 0 saturated carbocycles. The van der Waals surface area contributed by atoms with Crippen molar-refractivity contribution in [3.05, 3.63) is 42.2 Å². The highest BCUT2D eigenvalue weighted by molar-refractivity contribution is 6.05. The summed E-state index contributed by atoms with van der Waals surface area (Å²) in [6.45, 7) is 3.88. The number of allylic oxidation sites excluding steroid dienone is 2. The molecule has 2 saturated heterocycles. The molecule has 1 aromatic rings. The second-order valence-electron chi connectivity index (χ2n) is 7.13. The Morgan fingerprint density at radius 2 is 1.52 bits per heavy atom. The second-order valence-corrected chi connectivity index (χ2v) is 7.13. The average Bonchev–Trinajstić information content (AvgIpc) is 2.88. The van der Waals surface area contributed by atoms with Crippen molar-refractivity contribution in [3.8, 4) is 0 Å². The predicted molar refractivity (Wildman–Crippen MR) is 91.4 cm³/mol. The fraction of sp³-hybridized carbons (Fsp3) is 0.474. The predicted octanol–water partition coefficient (Wildman–Crippen LogP) is 0.439. The normalized spacial score (nSPS) is 27.1. The maximum atomic E-state index is 13.0. The third-order valence-corrected chi connectivity index (χ3v) is 5.64. The van der Waals surface area contributed by atoms with Gasteiger partial charge in [0.2, 0.25) is 11.8 Å². The number of hydrogen-bond acceptors (Lipinski definition) is 3. The largest absolute Gasteiger partial charge is 0.360 e. The van der Waals surface area contributed by atoms with Crippen molar-refractivity contribution in [1.82, 2.24) is 4.90 Å². The molecule has 0 radical (unpaired) electrons. The van der Waals surface area contributed by atoms with Gasteiger partial charge in [0.25, 0.3) is 0 Å². The molecule has 0 unspecified atom stereocenters. The highest BCUT2D eigenvalue weighted by atomic mass is 19.1. The van der Waals surface area contributed by atoms with Crippen LogP contribution in [0.1, 0.15) is 12.8 Å². The van der Waals surface area contributed by atoms with Gasteiger partial charge in [-0.15, -0.1) is 0 Å². The summed E-state index contributed by atoms with van der Waals surface area (Å²) in [6, 6.07) is 6.55. The number of halogens is 1. The van der Waals surface area contributed by atoms with Gasteiger partial charge in [-0.05, 0) is 37.1 Å². The van der Waals surface area contributed by atoms with Crippen molar-refractivity contribution in [2.24, 2.45) is 11.8 Å². The molecule has 5 nitrogen and oxygen atoms in total. The zero-order valence-electron chi connectivity index (χ0n) is 14.2. The van der Waals surface area contributed by atoms with E-state index in [1.807, 2.05) is 12.2 Å². The van der Waals surface area contributed by atoms with Crippen LogP contribution in [0.4, 0.5) is 10.1 Å². The van der Waals surface area contributed by atoms with Gasteiger partial charge in [-0.1, -0.05) is 12.2 Å². The van der Waals surface area contributed by atoms with Gasteiger partial charge in [0.15, 0.2) is 6.67 Å². The van der Waals surface area contributed by atoms with Crippen LogP contribution in [-0.4, -0.2) is 49.6 Å². The van der Waals surface area contributed by atoms with Crippen LogP contribution in [0.15, 0.2) is 36.4 Å². The highest BCUT2D eigenvalue weighted by Gasteiger charge is 2.48. The lowest BCUT2D eigenvalue weighted by Crippen LogP contribution is -3.16. The van der Waals surface area contributed by atoms with E-state index < -0.39 is 0 Å². The molecular weight excluding hydrogens is 321 g/mol. The molecule has 2 atom stereocenters. The van der Waals surface area contributed by atoms with Crippen LogP contribution < -0.4 is 9.80 Å². The maximum Gasteiger partial charge on any atom is 0.237 e. The first-order valence-electron chi connectivity index (χ1n) is 8.98. The lowest BCUT2D eigenvalue weighted by atomic mass is 9.85. The van der Waals surface area contributed by atoms with Crippen molar-refractivity contribution < 1.29 is 18.9 Å². The number of anilines is 1. The molecule has 1 aliphatic carbocycles. The monoisotopic (exact) mass is 344 g/mol. The van der Waals surface area contributed by atoms with E-state index in [4.69, 9.17) is 0 Å². The Morgan fingerprint density at radius 1 is 0.960 bits per heavy atom. The minimum absolute atomic E-state index is 0.00724. The van der Waals surface area contributed by atoms with Crippen LogP contribution in [0.25, 0.3) is 0 Å². The smallest absolute Gasteiger partial charge is 0.237 e. The SMILES string of the molecule is O=C1[C@H]2CC=CC[C@H]2C(=O)N1C[NH+]1CCN(c2ccc(F)cc2)CC1. The Bertz CT molecular complexity index is 669. The summed E-state index contributed by atoms with van der Waals surface area (Å²) in [5.74, 6) is -0.495. The molecule has 1 aromatic carbocycles. The molecule has 0 aromatic heterocycles. The summed E-state index contributed by atoms with van der Waals surface area (Å²) in [5, 5.41) is 0. The van der Waals surface area contributed by atoms with Crippen LogP contribution in [-0.2, 0) is 9.59 Å². The third kappa shape index (κ3) is 3.06. The summed E-state index contributed by atoms with van der Waals surface area (Å²) < 4.78 is 13.0. The lowest BCUT2D eigenvalue weighted by Gasteiger charge is -2.34. The number of carbonyl (C=O) groups excluding carboxylic acids is 2. The standard InChI is InChI=1S/C19H22FN3O2/c20-14-5-7-15(8-6-14)22-11-9-21(10-12-22)13-23-18(24)16-3-1-2-4-17(16)19(23)25/h1-2,5-8,16-17H,3-4,9-13H2/p+1/t16-,17+. The zero-order valence-corrected chi connectivity index (χ0v) is 14.2. The molecule has 25 heavy (non-hydrogen) atoms. The number of rotatable bonds is 3. The topological polar surface area (TPSA) is 45.1 Å². The molecule has 4 rings (SSSR count). The van der Waals surface area contributed by atoms with E-state index in [0.717, 1.165) is 31.9 Å². The Morgan fingerprint density at radius 3 is 2.08 bits per heavy atom. The number of quaternary nitrogens is 1. The number of benzene rings is 1. The summed E-state index contributed by atoms with van der Waals surface area (Å²) in [5.41, 5.74) is 1.02. The lowest BCUT2D eigenvalue weighted by molar-refractivity contribution is -0.908. The summed E-state index contributed by atoms with van der Waals surface area (Å²) in [6.07, 6.45) is 5.42. The number of nitrogens with one attached hydrogen (secondary N) is 1. The number of amides is 2. The van der Waals surface area contributed by atoms with Gasteiger partial charge < -0.3 is 9.80 Å². The summed E-state index contributed by atoms with van der Waals surface area (Å²) >= 11 is 0. The van der Waals surface area contributed by atoms with E-state index in [1.54, 1.807) is 12.1 Å². The minimum Gasteiger partial charge on any atom is -0.360 e.